The number of aromatic nitrogens is 2. The van der Waals surface area contributed by atoms with Gasteiger partial charge in [-0.15, -0.1) is 0 Å². The number of anilines is 1. The molecule has 0 amide bonds. The van der Waals surface area contributed by atoms with E-state index in [1.165, 1.54) is 12.1 Å². The molecule has 23 heavy (non-hydrogen) atoms. The summed E-state index contributed by atoms with van der Waals surface area (Å²) in [6.45, 7) is -2.03. The van der Waals surface area contributed by atoms with Crippen LogP contribution in [-0.4, -0.2) is 46.0 Å². The maximum Gasteiger partial charge on any atom is 0.356 e. The van der Waals surface area contributed by atoms with Gasteiger partial charge in [-0.1, -0.05) is 0 Å². The number of alkyl halides is 3. The second kappa shape index (κ2) is 5.25. The summed E-state index contributed by atoms with van der Waals surface area (Å²) in [6.07, 6.45) is 0. The molecule has 122 valence electrons. The van der Waals surface area contributed by atoms with Crippen LogP contribution in [0.25, 0.3) is 5.69 Å². The van der Waals surface area contributed by atoms with Crippen LogP contribution in [0.1, 0.15) is 10.5 Å². The van der Waals surface area contributed by atoms with E-state index in [1.54, 1.807) is 0 Å². The standard InChI is InChI=1S/C14H11F4N3O2/c15-6-11-14(17,18)7-20(11)12-5-10(13(22)23)19-21(12)9-3-1-8(16)2-4-9/h1-5,11H,6-7H2,(H,22,23). The minimum absolute atomic E-state index is 0.0163. The maximum atomic E-state index is 13.4. The molecular weight excluding hydrogens is 318 g/mol. The van der Waals surface area contributed by atoms with E-state index in [1.807, 2.05) is 0 Å². The lowest BCUT2D eigenvalue weighted by molar-refractivity contribution is -0.0771. The third kappa shape index (κ3) is 2.51. The van der Waals surface area contributed by atoms with Crippen molar-refractivity contribution in [1.82, 2.24) is 9.78 Å². The lowest BCUT2D eigenvalue weighted by atomic mass is 9.99. The summed E-state index contributed by atoms with van der Waals surface area (Å²) in [5, 5.41) is 12.9. The molecule has 2 aromatic rings. The third-order valence-electron chi connectivity index (χ3n) is 3.67. The Hall–Kier alpha value is -2.58. The zero-order valence-corrected chi connectivity index (χ0v) is 11.6. The van der Waals surface area contributed by atoms with Gasteiger partial charge in [0.1, 0.15) is 24.4 Å². The van der Waals surface area contributed by atoms with Gasteiger partial charge in [0.15, 0.2) is 5.69 Å². The lowest BCUT2D eigenvalue weighted by Gasteiger charge is -2.47. The Labute approximate surface area is 127 Å². The highest BCUT2D eigenvalue weighted by Crippen LogP contribution is 2.39. The molecule has 0 aliphatic carbocycles. The largest absolute Gasteiger partial charge is 0.476 e. The number of carbonyl (C=O) groups is 1. The minimum Gasteiger partial charge on any atom is -0.476 e. The Kier molecular flexibility index (Phi) is 3.50. The predicted molar refractivity (Wildman–Crippen MR) is 72.5 cm³/mol. The van der Waals surface area contributed by atoms with Crippen molar-refractivity contribution in [3.63, 3.8) is 0 Å². The number of aromatic carboxylic acids is 1. The molecule has 1 aliphatic rings. The average Bonchev–Trinajstić information content (AvgIpc) is 2.91. The first-order valence-corrected chi connectivity index (χ1v) is 6.63. The quantitative estimate of drug-likeness (QED) is 0.876. The van der Waals surface area contributed by atoms with Crippen LogP contribution in [0.2, 0.25) is 0 Å². The summed E-state index contributed by atoms with van der Waals surface area (Å²) in [5.74, 6) is -5.05. The molecule has 1 fully saturated rings. The van der Waals surface area contributed by atoms with Gasteiger partial charge in [0.05, 0.1) is 12.2 Å². The number of hydrogen-bond acceptors (Lipinski definition) is 3. The number of nitrogens with zero attached hydrogens (tertiary/aromatic N) is 3. The van der Waals surface area contributed by atoms with Crippen LogP contribution in [0.4, 0.5) is 23.4 Å². The normalized spacial score (nSPS) is 19.5. The van der Waals surface area contributed by atoms with Crippen LogP contribution in [-0.2, 0) is 0 Å². The van der Waals surface area contributed by atoms with Crippen molar-refractivity contribution < 1.29 is 27.5 Å². The zero-order valence-electron chi connectivity index (χ0n) is 11.6. The molecule has 3 rings (SSSR count). The first-order valence-electron chi connectivity index (χ1n) is 6.63. The molecule has 1 atom stereocenters. The van der Waals surface area contributed by atoms with E-state index in [0.717, 1.165) is 27.8 Å². The summed E-state index contributed by atoms with van der Waals surface area (Å²) in [7, 11) is 0. The van der Waals surface area contributed by atoms with E-state index in [9.17, 15) is 22.4 Å². The monoisotopic (exact) mass is 329 g/mol. The summed E-state index contributed by atoms with van der Waals surface area (Å²) >= 11 is 0. The highest BCUT2D eigenvalue weighted by Gasteiger charge is 2.56. The van der Waals surface area contributed by atoms with E-state index in [-0.39, 0.29) is 17.2 Å². The van der Waals surface area contributed by atoms with Gasteiger partial charge < -0.3 is 10.0 Å². The van der Waals surface area contributed by atoms with Crippen LogP contribution in [0.3, 0.4) is 0 Å². The Balaban J connectivity index is 2.06. The molecule has 2 heterocycles. The Morgan fingerprint density at radius 3 is 2.52 bits per heavy atom. The van der Waals surface area contributed by atoms with Crippen LogP contribution >= 0.6 is 0 Å². The SMILES string of the molecule is O=C(O)c1cc(N2CC(F)(F)C2CF)n(-c2ccc(F)cc2)n1. The van der Waals surface area contributed by atoms with Gasteiger partial charge in [-0.05, 0) is 24.3 Å². The smallest absolute Gasteiger partial charge is 0.356 e. The summed E-state index contributed by atoms with van der Waals surface area (Å²) in [5.41, 5.74) is -0.0983. The summed E-state index contributed by atoms with van der Waals surface area (Å²) in [6, 6.07) is 4.29. The van der Waals surface area contributed by atoms with Crippen molar-refractivity contribution in [1.29, 1.82) is 0 Å². The molecule has 1 aromatic carbocycles. The van der Waals surface area contributed by atoms with E-state index in [2.05, 4.69) is 5.10 Å². The third-order valence-corrected chi connectivity index (χ3v) is 3.67. The molecule has 1 unspecified atom stereocenters. The van der Waals surface area contributed by atoms with Crippen LogP contribution in [0.15, 0.2) is 30.3 Å². The van der Waals surface area contributed by atoms with Gasteiger partial charge in [0.2, 0.25) is 0 Å². The summed E-state index contributed by atoms with van der Waals surface area (Å²) < 4.78 is 53.8. The van der Waals surface area contributed by atoms with Crippen LogP contribution in [0, 0.1) is 5.82 Å². The van der Waals surface area contributed by atoms with E-state index in [4.69, 9.17) is 5.11 Å². The fourth-order valence-corrected chi connectivity index (χ4v) is 2.45. The minimum atomic E-state index is -3.20. The Morgan fingerprint density at radius 1 is 1.35 bits per heavy atom. The second-order valence-corrected chi connectivity index (χ2v) is 5.14. The van der Waals surface area contributed by atoms with Crippen molar-refractivity contribution in [3.8, 4) is 5.69 Å². The fraction of sp³-hybridized carbons (Fsp3) is 0.286. The van der Waals surface area contributed by atoms with Crippen molar-refractivity contribution in [2.45, 2.75) is 12.0 Å². The number of benzene rings is 1. The predicted octanol–water partition coefficient (Wildman–Crippen LogP) is 2.50. The van der Waals surface area contributed by atoms with Crippen molar-refractivity contribution in [2.75, 3.05) is 18.1 Å². The van der Waals surface area contributed by atoms with Gasteiger partial charge in [0.25, 0.3) is 5.92 Å². The number of halogens is 4. The first-order chi connectivity index (χ1) is 10.8. The van der Waals surface area contributed by atoms with Gasteiger partial charge in [-0.3, -0.25) is 0 Å². The van der Waals surface area contributed by atoms with E-state index in [0.29, 0.717) is 0 Å². The van der Waals surface area contributed by atoms with Crippen molar-refractivity contribution >= 4 is 11.8 Å². The molecule has 0 saturated carbocycles. The van der Waals surface area contributed by atoms with Crippen LogP contribution < -0.4 is 4.90 Å². The zero-order chi connectivity index (χ0) is 16.8. The number of rotatable bonds is 4. The fourth-order valence-electron chi connectivity index (χ4n) is 2.45. The highest BCUT2D eigenvalue weighted by atomic mass is 19.3. The molecule has 0 radical (unpaired) electrons. The van der Waals surface area contributed by atoms with Crippen molar-refractivity contribution in [3.05, 3.63) is 41.8 Å². The highest BCUT2D eigenvalue weighted by molar-refractivity contribution is 5.86. The average molecular weight is 329 g/mol. The molecule has 0 spiro atoms. The molecule has 0 bridgehead atoms. The second-order valence-electron chi connectivity index (χ2n) is 5.14. The number of hydrogen-bond donors (Lipinski definition) is 1. The van der Waals surface area contributed by atoms with E-state index < -0.39 is 37.0 Å². The number of carboxylic acid groups (broad SMARTS) is 1. The van der Waals surface area contributed by atoms with Gasteiger partial charge >= 0.3 is 5.97 Å². The molecule has 1 N–H and O–H groups in total. The first kappa shape index (κ1) is 15.3. The Bertz CT molecular complexity index is 745. The maximum absolute atomic E-state index is 13.4. The summed E-state index contributed by atoms with van der Waals surface area (Å²) in [4.78, 5) is 12.1. The number of carboxylic acids is 1. The van der Waals surface area contributed by atoms with Gasteiger partial charge in [-0.25, -0.2) is 27.0 Å². The molecule has 9 heteroatoms. The molecule has 5 nitrogen and oxygen atoms in total. The van der Waals surface area contributed by atoms with Crippen molar-refractivity contribution in [2.24, 2.45) is 0 Å². The molecule has 1 aromatic heterocycles. The lowest BCUT2D eigenvalue weighted by Crippen LogP contribution is -2.66. The topological polar surface area (TPSA) is 58.4 Å². The molecule has 1 aliphatic heterocycles. The van der Waals surface area contributed by atoms with Gasteiger partial charge in [-0.2, -0.15) is 5.10 Å². The Morgan fingerprint density at radius 2 is 2.00 bits per heavy atom. The molecule has 1 saturated heterocycles. The van der Waals surface area contributed by atoms with Crippen LogP contribution in [0.5, 0.6) is 0 Å². The van der Waals surface area contributed by atoms with E-state index >= 15 is 0 Å². The molecular formula is C14H11F4N3O2. The van der Waals surface area contributed by atoms with Gasteiger partial charge in [0, 0.05) is 6.07 Å².